The Bertz CT molecular complexity index is 942. The Labute approximate surface area is 165 Å². The Hall–Kier alpha value is -2.63. The zero-order valence-electron chi connectivity index (χ0n) is 16.4. The molecule has 2 aliphatic rings. The van der Waals surface area contributed by atoms with Gasteiger partial charge in [-0.1, -0.05) is 48.5 Å². The van der Waals surface area contributed by atoms with E-state index >= 15 is 0 Å². The molecule has 1 aliphatic heterocycles. The Morgan fingerprint density at radius 2 is 1.79 bits per heavy atom. The summed E-state index contributed by atoms with van der Waals surface area (Å²) in [5.41, 5.74) is 5.33. The molecule has 1 heterocycles. The molecule has 4 rings (SSSR count). The maximum atomic E-state index is 13.1. The molecule has 0 saturated heterocycles. The van der Waals surface area contributed by atoms with Gasteiger partial charge in [-0.15, -0.1) is 0 Å². The first-order valence-electron chi connectivity index (χ1n) is 9.55. The first-order chi connectivity index (χ1) is 13.4. The molecular formula is C23H25NO4. The van der Waals surface area contributed by atoms with Gasteiger partial charge in [-0.25, -0.2) is 4.79 Å². The molecule has 28 heavy (non-hydrogen) atoms. The average Bonchev–Trinajstić information content (AvgIpc) is 2.99. The van der Waals surface area contributed by atoms with E-state index in [9.17, 15) is 9.90 Å². The summed E-state index contributed by atoms with van der Waals surface area (Å²) in [4.78, 5) is 14.8. The maximum absolute atomic E-state index is 13.1. The van der Waals surface area contributed by atoms with Crippen molar-refractivity contribution in [1.29, 1.82) is 0 Å². The van der Waals surface area contributed by atoms with E-state index < -0.39 is 5.60 Å². The number of amides is 1. The maximum Gasteiger partial charge on any atom is 0.415 e. The number of carbonyl (C=O) groups excluding carboxylic acids is 1. The molecule has 0 bridgehead atoms. The highest BCUT2D eigenvalue weighted by atomic mass is 16.6. The fourth-order valence-corrected chi connectivity index (χ4v) is 3.91. The minimum atomic E-state index is -0.584. The van der Waals surface area contributed by atoms with E-state index in [0.29, 0.717) is 6.54 Å². The molecular weight excluding hydrogens is 354 g/mol. The number of rotatable bonds is 3. The zero-order valence-corrected chi connectivity index (χ0v) is 16.4. The molecule has 1 amide bonds. The van der Waals surface area contributed by atoms with Crippen molar-refractivity contribution < 1.29 is 19.4 Å². The molecule has 0 aromatic heterocycles. The van der Waals surface area contributed by atoms with Crippen LogP contribution < -0.4 is 0 Å². The van der Waals surface area contributed by atoms with Crippen LogP contribution in [-0.4, -0.2) is 34.9 Å². The second-order valence-electron chi connectivity index (χ2n) is 8.05. The third-order valence-electron chi connectivity index (χ3n) is 4.91. The second kappa shape index (κ2) is 7.08. The molecule has 5 nitrogen and oxygen atoms in total. The Kier molecular flexibility index (Phi) is 4.73. The Balaban J connectivity index is 1.88. The van der Waals surface area contributed by atoms with Crippen LogP contribution in [-0.2, 0) is 16.0 Å². The third-order valence-corrected chi connectivity index (χ3v) is 4.91. The van der Waals surface area contributed by atoms with Crippen molar-refractivity contribution in [3.05, 3.63) is 70.8 Å². The summed E-state index contributed by atoms with van der Waals surface area (Å²) >= 11 is 0. The third kappa shape index (κ3) is 3.21. The SMILES string of the molecule is CC(C)(C)OC(=O)N1Cc2ccccc2C2=C1c1ccccc1C2OCCO. The molecule has 2 aromatic carbocycles. The molecule has 146 valence electrons. The largest absolute Gasteiger partial charge is 0.443 e. The first-order valence-corrected chi connectivity index (χ1v) is 9.55. The number of hydrogen-bond acceptors (Lipinski definition) is 4. The Morgan fingerprint density at radius 1 is 1.11 bits per heavy atom. The minimum Gasteiger partial charge on any atom is -0.443 e. The minimum absolute atomic E-state index is 0.0568. The number of nitrogens with zero attached hydrogens (tertiary/aromatic N) is 1. The van der Waals surface area contributed by atoms with Gasteiger partial charge in [-0.3, -0.25) is 4.90 Å². The molecule has 5 heteroatoms. The molecule has 0 fully saturated rings. The quantitative estimate of drug-likeness (QED) is 0.860. The highest BCUT2D eigenvalue weighted by Gasteiger charge is 2.41. The van der Waals surface area contributed by atoms with Gasteiger partial charge in [0.1, 0.15) is 11.7 Å². The van der Waals surface area contributed by atoms with Crippen LogP contribution in [0.2, 0.25) is 0 Å². The average molecular weight is 379 g/mol. The molecule has 1 aliphatic carbocycles. The lowest BCUT2D eigenvalue weighted by Gasteiger charge is -2.33. The van der Waals surface area contributed by atoms with Crippen molar-refractivity contribution in [2.75, 3.05) is 13.2 Å². The number of hydrogen-bond donors (Lipinski definition) is 1. The summed E-state index contributed by atoms with van der Waals surface area (Å²) < 4.78 is 11.8. The fraction of sp³-hybridized carbons (Fsp3) is 0.348. The van der Waals surface area contributed by atoms with Gasteiger partial charge in [0.15, 0.2) is 0 Å². The Morgan fingerprint density at radius 3 is 2.50 bits per heavy atom. The molecule has 1 atom stereocenters. The van der Waals surface area contributed by atoms with E-state index in [0.717, 1.165) is 33.5 Å². The lowest BCUT2D eigenvalue weighted by Crippen LogP contribution is -2.37. The smallest absolute Gasteiger partial charge is 0.415 e. The van der Waals surface area contributed by atoms with Crippen LogP contribution in [0.15, 0.2) is 48.5 Å². The van der Waals surface area contributed by atoms with Crippen molar-refractivity contribution >= 4 is 17.4 Å². The summed E-state index contributed by atoms with van der Waals surface area (Å²) in [7, 11) is 0. The summed E-state index contributed by atoms with van der Waals surface area (Å²) in [6, 6.07) is 16.0. The number of benzene rings is 2. The van der Waals surface area contributed by atoms with Gasteiger partial charge in [0.2, 0.25) is 0 Å². The normalized spacial score (nSPS) is 17.9. The molecule has 0 saturated carbocycles. The van der Waals surface area contributed by atoms with Crippen molar-refractivity contribution in [3.8, 4) is 0 Å². The summed E-state index contributed by atoms with van der Waals surface area (Å²) in [5.74, 6) is 0. The first kappa shape index (κ1) is 18.7. The van der Waals surface area contributed by atoms with E-state index in [2.05, 4.69) is 6.07 Å². The van der Waals surface area contributed by atoms with Gasteiger partial charge in [0, 0.05) is 11.1 Å². The highest BCUT2D eigenvalue weighted by Crippen LogP contribution is 2.52. The van der Waals surface area contributed by atoms with Crippen LogP contribution in [0.1, 0.15) is 49.1 Å². The van der Waals surface area contributed by atoms with Crippen molar-refractivity contribution in [1.82, 2.24) is 4.90 Å². The zero-order chi connectivity index (χ0) is 19.9. The molecule has 2 aromatic rings. The van der Waals surface area contributed by atoms with Crippen molar-refractivity contribution in [3.63, 3.8) is 0 Å². The summed E-state index contributed by atoms with van der Waals surface area (Å²) in [6.45, 7) is 6.23. The summed E-state index contributed by atoms with van der Waals surface area (Å²) in [5, 5.41) is 9.31. The van der Waals surface area contributed by atoms with Gasteiger partial charge < -0.3 is 14.6 Å². The number of fused-ring (bicyclic) bond motifs is 4. The summed E-state index contributed by atoms with van der Waals surface area (Å²) in [6.07, 6.45) is -0.697. The lowest BCUT2D eigenvalue weighted by molar-refractivity contribution is 0.0338. The molecule has 1 unspecified atom stereocenters. The van der Waals surface area contributed by atoms with E-state index in [1.807, 2.05) is 63.2 Å². The van der Waals surface area contributed by atoms with Gasteiger partial charge in [-0.2, -0.15) is 0 Å². The van der Waals surface area contributed by atoms with Crippen molar-refractivity contribution in [2.24, 2.45) is 0 Å². The van der Waals surface area contributed by atoms with Gasteiger partial charge >= 0.3 is 6.09 Å². The van der Waals surface area contributed by atoms with Crippen LogP contribution in [0.25, 0.3) is 11.3 Å². The van der Waals surface area contributed by atoms with E-state index in [1.165, 1.54) is 0 Å². The van der Waals surface area contributed by atoms with Crippen LogP contribution in [0, 0.1) is 0 Å². The number of aliphatic hydroxyl groups excluding tert-OH is 1. The predicted octanol–water partition coefficient (Wildman–Crippen LogP) is 4.37. The topological polar surface area (TPSA) is 59.0 Å². The van der Waals surface area contributed by atoms with Gasteiger partial charge in [0.25, 0.3) is 0 Å². The molecule has 0 radical (unpaired) electrons. The number of carbonyl (C=O) groups is 1. The van der Waals surface area contributed by atoms with E-state index in [-0.39, 0.29) is 25.4 Å². The number of ether oxygens (including phenoxy) is 2. The monoisotopic (exact) mass is 379 g/mol. The number of aliphatic hydroxyl groups is 1. The fourth-order valence-electron chi connectivity index (χ4n) is 3.91. The van der Waals surface area contributed by atoms with E-state index in [4.69, 9.17) is 9.47 Å². The molecule has 0 spiro atoms. The van der Waals surface area contributed by atoms with Crippen molar-refractivity contribution in [2.45, 2.75) is 39.0 Å². The van der Waals surface area contributed by atoms with Gasteiger partial charge in [0.05, 0.1) is 25.5 Å². The van der Waals surface area contributed by atoms with Crippen LogP contribution in [0.4, 0.5) is 4.79 Å². The highest BCUT2D eigenvalue weighted by molar-refractivity contribution is 6.04. The van der Waals surface area contributed by atoms with Crippen LogP contribution in [0.3, 0.4) is 0 Å². The predicted molar refractivity (Wildman–Crippen MR) is 107 cm³/mol. The van der Waals surface area contributed by atoms with Gasteiger partial charge in [-0.05, 0) is 37.5 Å². The standard InChI is InChI=1S/C23H25NO4/c1-23(2,3)28-22(26)24-14-15-8-4-5-9-16(15)19-20(24)17-10-6-7-11-18(17)21(19)27-13-12-25/h4-11,21,25H,12-14H2,1-3H3. The van der Waals surface area contributed by atoms with Crippen LogP contribution in [0.5, 0.6) is 0 Å². The molecule has 1 N–H and O–H groups in total. The van der Waals surface area contributed by atoms with E-state index in [1.54, 1.807) is 4.90 Å². The second-order valence-corrected chi connectivity index (χ2v) is 8.05. The lowest BCUT2D eigenvalue weighted by atomic mass is 9.92. The van der Waals surface area contributed by atoms with Crippen LogP contribution >= 0.6 is 0 Å².